The molecule has 0 aromatic heterocycles. The molecule has 126 valence electrons. The maximum Gasteiger partial charge on any atom is 0.264 e. The van der Waals surface area contributed by atoms with Crippen LogP contribution in [0, 0.1) is 5.82 Å². The molecule has 0 atom stereocenters. The van der Waals surface area contributed by atoms with E-state index in [0.29, 0.717) is 16.8 Å². The molecule has 0 bridgehead atoms. The number of methoxy groups -OCH3 is 1. The van der Waals surface area contributed by atoms with Gasteiger partial charge in [0.2, 0.25) is 0 Å². The van der Waals surface area contributed by atoms with Crippen LogP contribution in [0.25, 0.3) is 0 Å². The number of anilines is 1. The molecule has 1 amide bonds. The van der Waals surface area contributed by atoms with Gasteiger partial charge in [0.25, 0.3) is 5.91 Å². The highest BCUT2D eigenvalue weighted by Gasteiger charge is 2.23. The lowest BCUT2D eigenvalue weighted by molar-refractivity contribution is -0.120. The summed E-state index contributed by atoms with van der Waals surface area (Å²) in [6.45, 7) is 0.557. The lowest BCUT2D eigenvalue weighted by Crippen LogP contribution is -2.38. The molecule has 0 aliphatic carbocycles. The molecule has 0 radical (unpaired) electrons. The van der Waals surface area contributed by atoms with Gasteiger partial charge in [0, 0.05) is 12.2 Å². The van der Waals surface area contributed by atoms with Crippen molar-refractivity contribution in [2.75, 3.05) is 25.2 Å². The Morgan fingerprint density at radius 2 is 2.12 bits per heavy atom. The molecule has 0 saturated carbocycles. The van der Waals surface area contributed by atoms with Gasteiger partial charge < -0.3 is 14.4 Å². The van der Waals surface area contributed by atoms with Gasteiger partial charge >= 0.3 is 0 Å². The van der Waals surface area contributed by atoms with Crippen molar-refractivity contribution in [2.45, 2.75) is 12.8 Å². The third-order valence-electron chi connectivity index (χ3n) is 3.95. The van der Waals surface area contributed by atoms with Crippen molar-refractivity contribution >= 4 is 27.5 Å². The Morgan fingerprint density at radius 1 is 1.29 bits per heavy atom. The quantitative estimate of drug-likeness (QED) is 0.788. The number of benzene rings is 2. The molecule has 24 heavy (non-hydrogen) atoms. The molecular weight excluding hydrogens is 377 g/mol. The summed E-state index contributed by atoms with van der Waals surface area (Å²) in [7, 11) is 1.63. The minimum atomic E-state index is -0.362. The normalized spacial score (nSPS) is 13.4. The van der Waals surface area contributed by atoms with E-state index >= 15 is 0 Å². The molecule has 0 N–H and O–H groups in total. The number of rotatable bonds is 4. The van der Waals surface area contributed by atoms with E-state index in [0.717, 1.165) is 29.8 Å². The van der Waals surface area contributed by atoms with Gasteiger partial charge in [-0.3, -0.25) is 4.79 Å². The van der Waals surface area contributed by atoms with Crippen LogP contribution in [0.1, 0.15) is 12.0 Å². The number of carbonyl (C=O) groups is 1. The van der Waals surface area contributed by atoms with Gasteiger partial charge in [0.15, 0.2) is 6.61 Å². The summed E-state index contributed by atoms with van der Waals surface area (Å²) < 4.78 is 24.4. The van der Waals surface area contributed by atoms with Crippen LogP contribution >= 0.6 is 15.9 Å². The highest BCUT2D eigenvalue weighted by Crippen LogP contribution is 2.31. The summed E-state index contributed by atoms with van der Waals surface area (Å²) in [6, 6.07) is 9.82. The van der Waals surface area contributed by atoms with Crippen molar-refractivity contribution in [3.05, 3.63) is 52.3 Å². The van der Waals surface area contributed by atoms with Gasteiger partial charge in [-0.1, -0.05) is 0 Å². The number of ether oxygens (including phenoxy) is 2. The van der Waals surface area contributed by atoms with Gasteiger partial charge in [0.1, 0.15) is 17.3 Å². The molecule has 2 aromatic rings. The second-order valence-electron chi connectivity index (χ2n) is 5.51. The first-order valence-corrected chi connectivity index (χ1v) is 8.43. The van der Waals surface area contributed by atoms with Gasteiger partial charge in [0.05, 0.1) is 11.6 Å². The maximum atomic E-state index is 13.1. The van der Waals surface area contributed by atoms with Gasteiger partial charge in [-0.25, -0.2) is 4.39 Å². The van der Waals surface area contributed by atoms with E-state index in [9.17, 15) is 9.18 Å². The fourth-order valence-corrected chi connectivity index (χ4v) is 3.23. The zero-order chi connectivity index (χ0) is 17.1. The summed E-state index contributed by atoms with van der Waals surface area (Å²) in [4.78, 5) is 14.3. The highest BCUT2D eigenvalue weighted by atomic mass is 79.9. The van der Waals surface area contributed by atoms with E-state index in [1.54, 1.807) is 12.0 Å². The van der Waals surface area contributed by atoms with Crippen LogP contribution in [0.4, 0.5) is 10.1 Å². The second-order valence-corrected chi connectivity index (χ2v) is 6.36. The van der Waals surface area contributed by atoms with E-state index in [4.69, 9.17) is 9.47 Å². The SMILES string of the molecule is COc1ccc2c(c1)CCCN2C(=O)COc1ccc(F)cc1Br. The summed E-state index contributed by atoms with van der Waals surface area (Å²) in [5.41, 5.74) is 1.99. The van der Waals surface area contributed by atoms with Crippen molar-refractivity contribution in [1.82, 2.24) is 0 Å². The maximum absolute atomic E-state index is 13.1. The number of aryl methyl sites for hydroxylation is 1. The van der Waals surface area contributed by atoms with E-state index in [1.807, 2.05) is 18.2 Å². The van der Waals surface area contributed by atoms with Crippen LogP contribution in [0.15, 0.2) is 40.9 Å². The number of halogens is 2. The lowest BCUT2D eigenvalue weighted by atomic mass is 10.0. The summed E-state index contributed by atoms with van der Waals surface area (Å²) in [6.07, 6.45) is 1.81. The number of hydrogen-bond donors (Lipinski definition) is 0. The molecule has 4 nitrogen and oxygen atoms in total. The molecule has 1 aliphatic rings. The van der Waals surface area contributed by atoms with E-state index in [-0.39, 0.29) is 18.3 Å². The molecule has 0 saturated heterocycles. The molecule has 2 aromatic carbocycles. The largest absolute Gasteiger partial charge is 0.497 e. The molecule has 0 spiro atoms. The van der Waals surface area contributed by atoms with Crippen LogP contribution < -0.4 is 14.4 Å². The molecule has 6 heteroatoms. The molecule has 1 heterocycles. The Kier molecular flexibility index (Phi) is 5.04. The van der Waals surface area contributed by atoms with Gasteiger partial charge in [-0.2, -0.15) is 0 Å². The zero-order valence-electron chi connectivity index (χ0n) is 13.2. The third-order valence-corrected chi connectivity index (χ3v) is 4.57. The van der Waals surface area contributed by atoms with Crippen molar-refractivity contribution < 1.29 is 18.7 Å². The third kappa shape index (κ3) is 3.53. The minimum absolute atomic E-state index is 0.101. The Labute approximate surface area is 148 Å². The van der Waals surface area contributed by atoms with Crippen molar-refractivity contribution in [3.8, 4) is 11.5 Å². The van der Waals surface area contributed by atoms with Crippen LogP contribution in [0.5, 0.6) is 11.5 Å². The first-order valence-electron chi connectivity index (χ1n) is 7.63. The van der Waals surface area contributed by atoms with Gasteiger partial charge in [-0.05, 0) is 70.7 Å². The Bertz CT molecular complexity index is 766. The first kappa shape index (κ1) is 16.8. The van der Waals surface area contributed by atoms with Crippen LogP contribution in [-0.4, -0.2) is 26.2 Å². The fourth-order valence-electron chi connectivity index (χ4n) is 2.77. The summed E-state index contributed by atoms with van der Waals surface area (Å²) in [5, 5.41) is 0. The standard InChI is InChI=1S/C18H17BrFNO3/c1-23-14-5-6-16-12(9-14)3-2-8-21(16)18(22)11-24-17-7-4-13(20)10-15(17)19/h4-7,9-10H,2-3,8,11H2,1H3. The van der Waals surface area contributed by atoms with Crippen LogP contribution in [0.3, 0.4) is 0 Å². The summed E-state index contributed by atoms with van der Waals surface area (Å²) >= 11 is 3.23. The summed E-state index contributed by atoms with van der Waals surface area (Å²) in [5.74, 6) is 0.739. The molecular formula is C18H17BrFNO3. The Morgan fingerprint density at radius 3 is 2.88 bits per heavy atom. The average Bonchev–Trinajstić information content (AvgIpc) is 2.59. The number of hydrogen-bond acceptors (Lipinski definition) is 3. The molecule has 1 aliphatic heterocycles. The number of nitrogens with zero attached hydrogens (tertiary/aromatic N) is 1. The van der Waals surface area contributed by atoms with Crippen molar-refractivity contribution in [2.24, 2.45) is 0 Å². The van der Waals surface area contributed by atoms with E-state index in [1.165, 1.54) is 18.2 Å². The second kappa shape index (κ2) is 7.21. The smallest absolute Gasteiger partial charge is 0.264 e. The van der Waals surface area contributed by atoms with Crippen LogP contribution in [0.2, 0.25) is 0 Å². The predicted molar refractivity (Wildman–Crippen MR) is 93.3 cm³/mol. The monoisotopic (exact) mass is 393 g/mol. The van der Waals surface area contributed by atoms with Crippen molar-refractivity contribution in [3.63, 3.8) is 0 Å². The van der Waals surface area contributed by atoms with Gasteiger partial charge in [-0.15, -0.1) is 0 Å². The molecule has 0 unspecified atom stereocenters. The minimum Gasteiger partial charge on any atom is -0.497 e. The average molecular weight is 394 g/mol. The molecule has 3 rings (SSSR count). The Balaban J connectivity index is 1.72. The number of amides is 1. The fraction of sp³-hybridized carbons (Fsp3) is 0.278. The van der Waals surface area contributed by atoms with Crippen molar-refractivity contribution in [1.29, 1.82) is 0 Å². The number of fused-ring (bicyclic) bond motifs is 1. The van der Waals surface area contributed by atoms with E-state index in [2.05, 4.69) is 15.9 Å². The Hall–Kier alpha value is -2.08. The lowest BCUT2D eigenvalue weighted by Gasteiger charge is -2.29. The topological polar surface area (TPSA) is 38.8 Å². The zero-order valence-corrected chi connectivity index (χ0v) is 14.8. The molecule has 0 fully saturated rings. The first-order chi connectivity index (χ1) is 11.6. The highest BCUT2D eigenvalue weighted by molar-refractivity contribution is 9.10. The number of carbonyl (C=O) groups excluding carboxylic acids is 1. The van der Waals surface area contributed by atoms with Crippen LogP contribution in [-0.2, 0) is 11.2 Å². The van der Waals surface area contributed by atoms with E-state index < -0.39 is 0 Å². The predicted octanol–water partition coefficient (Wildman–Crippen LogP) is 3.96.